The van der Waals surface area contributed by atoms with Crippen molar-refractivity contribution in [1.29, 1.82) is 0 Å². The number of hydrogen-bond acceptors (Lipinski definition) is 2. The molecule has 1 aromatic rings. The minimum atomic E-state index is -0.225. The molecule has 1 atom stereocenters. The summed E-state index contributed by atoms with van der Waals surface area (Å²) in [7, 11) is 0. The normalized spacial score (nSPS) is 18.2. The van der Waals surface area contributed by atoms with Gasteiger partial charge in [-0.05, 0) is 37.8 Å². The lowest BCUT2D eigenvalue weighted by atomic mass is 10.1. The molecule has 1 aliphatic rings. The Morgan fingerprint density at radius 3 is 2.86 bits per heavy atom. The Morgan fingerprint density at radius 2 is 2.23 bits per heavy atom. The van der Waals surface area contributed by atoms with E-state index in [2.05, 4.69) is 28.2 Å². The largest absolute Gasteiger partial charge is 0.391 e. The molecule has 0 radical (unpaired) electrons. The van der Waals surface area contributed by atoms with Gasteiger partial charge in [0.1, 0.15) is 0 Å². The van der Waals surface area contributed by atoms with Crippen LogP contribution in [0.3, 0.4) is 0 Å². The van der Waals surface area contributed by atoms with Crippen molar-refractivity contribution in [3.8, 4) is 0 Å². The molecule has 2 rings (SSSR count). The number of rotatable bonds is 5. The summed E-state index contributed by atoms with van der Waals surface area (Å²) in [4.78, 5) is 6.78. The number of benzene rings is 1. The second-order valence-electron chi connectivity index (χ2n) is 5.32. The third kappa shape index (κ3) is 5.93. The predicted molar refractivity (Wildman–Crippen MR) is 103 cm³/mol. The topological polar surface area (TPSA) is 47.9 Å². The molecule has 0 aliphatic carbocycles. The van der Waals surface area contributed by atoms with Crippen LogP contribution in [-0.4, -0.2) is 48.2 Å². The zero-order chi connectivity index (χ0) is 15.1. The van der Waals surface area contributed by atoms with E-state index in [1.165, 1.54) is 5.56 Å². The number of hydrogen-bond donors (Lipinski definition) is 2. The Morgan fingerprint density at radius 1 is 1.45 bits per heavy atom. The molecule has 1 heterocycles. The Kier molecular flexibility index (Phi) is 9.12. The summed E-state index contributed by atoms with van der Waals surface area (Å²) in [6.07, 6.45) is 2.50. The summed E-state index contributed by atoms with van der Waals surface area (Å²) in [5, 5.41) is 13.8. The van der Waals surface area contributed by atoms with E-state index >= 15 is 0 Å². The fourth-order valence-corrected chi connectivity index (χ4v) is 2.75. The van der Waals surface area contributed by atoms with Gasteiger partial charge in [-0.3, -0.25) is 4.99 Å². The first-order chi connectivity index (χ1) is 10.2. The van der Waals surface area contributed by atoms with E-state index in [1.54, 1.807) is 0 Å². The molecule has 0 spiro atoms. The van der Waals surface area contributed by atoms with Crippen molar-refractivity contribution in [1.82, 2.24) is 10.2 Å². The Labute approximate surface area is 155 Å². The Balaban J connectivity index is 0.00000242. The molecule has 4 nitrogen and oxygen atoms in total. The minimum absolute atomic E-state index is 0. The maximum atomic E-state index is 9.63. The van der Waals surface area contributed by atoms with E-state index in [0.29, 0.717) is 6.54 Å². The minimum Gasteiger partial charge on any atom is -0.391 e. The highest BCUT2D eigenvalue weighted by molar-refractivity contribution is 14.0. The number of aliphatic hydroxyl groups is 1. The SMILES string of the molecule is CCNC(=NCCCc1ccccc1Cl)N1CC[C@@H](O)C1.I. The molecule has 0 amide bonds. The molecule has 2 N–H and O–H groups in total. The third-order valence-corrected chi connectivity index (χ3v) is 3.99. The predicted octanol–water partition coefficient (Wildman–Crippen LogP) is 2.92. The average Bonchev–Trinajstić information content (AvgIpc) is 2.90. The van der Waals surface area contributed by atoms with Crippen LogP contribution in [0.25, 0.3) is 0 Å². The van der Waals surface area contributed by atoms with Crippen LogP contribution in [0.5, 0.6) is 0 Å². The lowest BCUT2D eigenvalue weighted by Crippen LogP contribution is -2.40. The number of aliphatic imine (C=N–C) groups is 1. The second-order valence-corrected chi connectivity index (χ2v) is 5.73. The number of guanidine groups is 1. The molecule has 0 aromatic heterocycles. The van der Waals surface area contributed by atoms with E-state index in [4.69, 9.17) is 11.6 Å². The number of aryl methyl sites for hydroxylation is 1. The van der Waals surface area contributed by atoms with Gasteiger partial charge in [0.05, 0.1) is 6.10 Å². The van der Waals surface area contributed by atoms with Crippen LogP contribution in [0, 0.1) is 0 Å². The smallest absolute Gasteiger partial charge is 0.194 e. The molecule has 1 aromatic carbocycles. The number of likely N-dealkylation sites (tertiary alicyclic amines) is 1. The monoisotopic (exact) mass is 437 g/mol. The van der Waals surface area contributed by atoms with Crippen LogP contribution in [-0.2, 0) is 6.42 Å². The van der Waals surface area contributed by atoms with Crippen molar-refractivity contribution in [3.63, 3.8) is 0 Å². The Hall–Kier alpha value is -0.530. The highest BCUT2D eigenvalue weighted by Crippen LogP contribution is 2.16. The van der Waals surface area contributed by atoms with Crippen LogP contribution in [0.2, 0.25) is 5.02 Å². The summed E-state index contributed by atoms with van der Waals surface area (Å²) < 4.78 is 0. The quantitative estimate of drug-likeness (QED) is 0.322. The van der Waals surface area contributed by atoms with Crippen LogP contribution in [0.15, 0.2) is 29.3 Å². The molecule has 124 valence electrons. The lowest BCUT2D eigenvalue weighted by Gasteiger charge is -2.20. The number of nitrogens with zero attached hydrogens (tertiary/aromatic N) is 2. The van der Waals surface area contributed by atoms with Crippen molar-refractivity contribution < 1.29 is 5.11 Å². The van der Waals surface area contributed by atoms with Crippen molar-refractivity contribution in [2.24, 2.45) is 4.99 Å². The fraction of sp³-hybridized carbons (Fsp3) is 0.562. The summed E-state index contributed by atoms with van der Waals surface area (Å²) in [5.41, 5.74) is 1.18. The number of aliphatic hydroxyl groups excluding tert-OH is 1. The molecule has 0 bridgehead atoms. The fourth-order valence-electron chi connectivity index (χ4n) is 2.52. The zero-order valence-corrected chi connectivity index (χ0v) is 16.1. The summed E-state index contributed by atoms with van der Waals surface area (Å²) in [5.74, 6) is 0.910. The highest BCUT2D eigenvalue weighted by Gasteiger charge is 2.22. The van der Waals surface area contributed by atoms with E-state index in [0.717, 1.165) is 49.9 Å². The molecular weight excluding hydrogens is 413 g/mol. The first-order valence-corrected chi connectivity index (χ1v) is 8.03. The van der Waals surface area contributed by atoms with Gasteiger partial charge < -0.3 is 15.3 Å². The number of β-amino-alcohol motifs (C(OH)–C–C–N with tert-alkyl or cyclic N) is 1. The highest BCUT2D eigenvalue weighted by atomic mass is 127. The molecule has 1 aliphatic heterocycles. The number of nitrogens with one attached hydrogen (secondary N) is 1. The molecule has 0 saturated carbocycles. The van der Waals surface area contributed by atoms with Crippen molar-refractivity contribution >= 4 is 41.5 Å². The van der Waals surface area contributed by atoms with Crippen LogP contribution < -0.4 is 5.32 Å². The summed E-state index contributed by atoms with van der Waals surface area (Å²) in [6, 6.07) is 7.95. The van der Waals surface area contributed by atoms with E-state index in [-0.39, 0.29) is 30.1 Å². The number of halogens is 2. The van der Waals surface area contributed by atoms with Gasteiger partial charge in [0.15, 0.2) is 5.96 Å². The van der Waals surface area contributed by atoms with Crippen LogP contribution in [0.4, 0.5) is 0 Å². The maximum Gasteiger partial charge on any atom is 0.194 e. The first kappa shape index (κ1) is 19.5. The van der Waals surface area contributed by atoms with Gasteiger partial charge in [0, 0.05) is 31.2 Å². The van der Waals surface area contributed by atoms with Gasteiger partial charge in [-0.1, -0.05) is 29.8 Å². The van der Waals surface area contributed by atoms with Crippen molar-refractivity contribution in [2.45, 2.75) is 32.3 Å². The van der Waals surface area contributed by atoms with Crippen LogP contribution in [0.1, 0.15) is 25.3 Å². The van der Waals surface area contributed by atoms with E-state index < -0.39 is 0 Å². The molecule has 1 saturated heterocycles. The molecule has 22 heavy (non-hydrogen) atoms. The van der Waals surface area contributed by atoms with Gasteiger partial charge in [0.25, 0.3) is 0 Å². The summed E-state index contributed by atoms with van der Waals surface area (Å²) in [6.45, 7) is 5.22. The summed E-state index contributed by atoms with van der Waals surface area (Å²) >= 11 is 6.15. The Bertz CT molecular complexity index is 484. The van der Waals surface area contributed by atoms with Crippen molar-refractivity contribution in [3.05, 3.63) is 34.9 Å². The van der Waals surface area contributed by atoms with Crippen LogP contribution >= 0.6 is 35.6 Å². The molecule has 0 unspecified atom stereocenters. The van der Waals surface area contributed by atoms with Gasteiger partial charge in [0.2, 0.25) is 0 Å². The molecule has 6 heteroatoms. The third-order valence-electron chi connectivity index (χ3n) is 3.62. The van der Waals surface area contributed by atoms with Gasteiger partial charge in [-0.2, -0.15) is 0 Å². The van der Waals surface area contributed by atoms with Crippen molar-refractivity contribution in [2.75, 3.05) is 26.2 Å². The second kappa shape index (κ2) is 10.3. The average molecular weight is 438 g/mol. The van der Waals surface area contributed by atoms with Gasteiger partial charge in [-0.25, -0.2) is 0 Å². The van der Waals surface area contributed by atoms with E-state index in [1.807, 2.05) is 18.2 Å². The van der Waals surface area contributed by atoms with Gasteiger partial charge >= 0.3 is 0 Å². The first-order valence-electron chi connectivity index (χ1n) is 7.65. The standard InChI is InChI=1S/C16H24ClN3O.HI/c1-2-18-16(20-11-9-14(21)12-20)19-10-5-7-13-6-3-4-8-15(13)17;/h3-4,6,8,14,21H,2,5,7,9-12H2,1H3,(H,18,19);1H/t14-;/m1./s1. The van der Waals surface area contributed by atoms with E-state index in [9.17, 15) is 5.11 Å². The zero-order valence-electron chi connectivity index (χ0n) is 13.0. The van der Waals surface area contributed by atoms with Gasteiger partial charge in [-0.15, -0.1) is 24.0 Å². The maximum absolute atomic E-state index is 9.63. The molecular formula is C16H25ClIN3O. The lowest BCUT2D eigenvalue weighted by molar-refractivity contribution is 0.188. The molecule has 1 fully saturated rings.